The number of methoxy groups -OCH3 is 1. The average Bonchev–Trinajstić information content (AvgIpc) is 3.17. The molecule has 0 amide bonds. The minimum Gasteiger partial charge on any atom is -0.389 e. The molecule has 0 heterocycles. The molecule has 4 atom stereocenters. The number of hydrogen-bond acceptors (Lipinski definition) is 3. The van der Waals surface area contributed by atoms with E-state index in [1.807, 2.05) is 30.3 Å². The summed E-state index contributed by atoms with van der Waals surface area (Å²) in [6.07, 6.45) is 7.35. The molecule has 1 fully saturated rings. The van der Waals surface area contributed by atoms with Gasteiger partial charge in [0.05, 0.1) is 6.10 Å². The normalized spacial score (nSPS) is 29.9. The van der Waals surface area contributed by atoms with Crippen molar-refractivity contribution in [3.63, 3.8) is 0 Å². The van der Waals surface area contributed by atoms with Gasteiger partial charge in [-0.1, -0.05) is 62.1 Å². The highest BCUT2D eigenvalue weighted by Gasteiger charge is 2.57. The first-order chi connectivity index (χ1) is 12.1. The van der Waals surface area contributed by atoms with Gasteiger partial charge in [0, 0.05) is 13.0 Å². The van der Waals surface area contributed by atoms with Gasteiger partial charge in [-0.15, -0.1) is 0 Å². The summed E-state index contributed by atoms with van der Waals surface area (Å²) in [5.74, 6) is 0.104. The van der Waals surface area contributed by atoms with Crippen LogP contribution in [-0.4, -0.2) is 29.0 Å². The van der Waals surface area contributed by atoms with Crippen LogP contribution < -0.4 is 0 Å². The highest BCUT2D eigenvalue weighted by molar-refractivity contribution is 5.42. The molecule has 0 radical (unpaired) electrons. The maximum absolute atomic E-state index is 11.8. The topological polar surface area (TPSA) is 49.7 Å². The van der Waals surface area contributed by atoms with Gasteiger partial charge in [0.15, 0.2) is 0 Å². The minimum absolute atomic E-state index is 0.104. The lowest BCUT2D eigenvalue weighted by atomic mass is 9.79. The van der Waals surface area contributed by atoms with Crippen molar-refractivity contribution in [2.75, 3.05) is 7.11 Å². The summed E-state index contributed by atoms with van der Waals surface area (Å²) in [5, 5.41) is 22.8. The predicted octanol–water partition coefficient (Wildman–Crippen LogP) is 4.55. The fourth-order valence-corrected chi connectivity index (χ4v) is 4.94. The van der Waals surface area contributed by atoms with Gasteiger partial charge >= 0.3 is 0 Å². The van der Waals surface area contributed by atoms with E-state index in [2.05, 4.69) is 6.92 Å². The zero-order valence-electron chi connectivity index (χ0n) is 15.6. The fraction of sp³-hybridized carbons (Fsp3) is 0.636. The van der Waals surface area contributed by atoms with Gasteiger partial charge in [0.1, 0.15) is 11.7 Å². The van der Waals surface area contributed by atoms with Gasteiger partial charge in [0.2, 0.25) is 0 Å². The maximum Gasteiger partial charge on any atom is 0.142 e. The molecule has 3 nitrogen and oxygen atoms in total. The van der Waals surface area contributed by atoms with E-state index in [9.17, 15) is 10.2 Å². The Hall–Kier alpha value is -1.16. The van der Waals surface area contributed by atoms with Crippen molar-refractivity contribution in [3.05, 3.63) is 47.0 Å². The Balaban J connectivity index is 1.94. The monoisotopic (exact) mass is 344 g/mol. The highest BCUT2D eigenvalue weighted by atomic mass is 16.5. The Labute approximate surface area is 151 Å². The van der Waals surface area contributed by atoms with E-state index in [-0.39, 0.29) is 5.92 Å². The Kier molecular flexibility index (Phi) is 5.98. The first-order valence-corrected chi connectivity index (χ1v) is 9.85. The molecule has 1 aromatic carbocycles. The molecule has 0 aromatic heterocycles. The van der Waals surface area contributed by atoms with Crippen LogP contribution in [0.25, 0.3) is 0 Å². The summed E-state index contributed by atoms with van der Waals surface area (Å²) >= 11 is 0. The second-order valence-corrected chi connectivity index (χ2v) is 7.61. The van der Waals surface area contributed by atoms with Gasteiger partial charge in [-0.3, -0.25) is 0 Å². The van der Waals surface area contributed by atoms with Gasteiger partial charge in [0.25, 0.3) is 0 Å². The number of unbranched alkanes of at least 4 members (excludes halogenated alkanes) is 3. The summed E-state index contributed by atoms with van der Waals surface area (Å²) in [6, 6.07) is 9.84. The molecule has 3 rings (SSSR count). The molecule has 3 heteroatoms. The molecule has 25 heavy (non-hydrogen) atoms. The molecule has 2 N–H and O–H groups in total. The molecular weight excluding hydrogens is 312 g/mol. The van der Waals surface area contributed by atoms with Crippen molar-refractivity contribution in [3.8, 4) is 0 Å². The van der Waals surface area contributed by atoms with Crippen molar-refractivity contribution in [1.82, 2.24) is 0 Å². The minimum atomic E-state index is -1.30. The van der Waals surface area contributed by atoms with Crippen LogP contribution in [0.15, 0.2) is 41.5 Å². The van der Waals surface area contributed by atoms with Crippen LogP contribution >= 0.6 is 0 Å². The number of rotatable bonds is 8. The zero-order chi connectivity index (χ0) is 17.9. The van der Waals surface area contributed by atoms with E-state index in [1.54, 1.807) is 7.11 Å². The van der Waals surface area contributed by atoms with Crippen LogP contribution in [0.2, 0.25) is 0 Å². The zero-order valence-corrected chi connectivity index (χ0v) is 15.6. The first kappa shape index (κ1) is 18.6. The second kappa shape index (κ2) is 8.03. The van der Waals surface area contributed by atoms with E-state index in [4.69, 9.17) is 4.74 Å². The molecule has 1 saturated carbocycles. The number of benzene rings is 1. The summed E-state index contributed by atoms with van der Waals surface area (Å²) < 4.78 is 5.77. The third-order valence-corrected chi connectivity index (χ3v) is 6.13. The molecular formula is C22H32O3. The number of aliphatic hydroxyl groups is 2. The molecule has 2 aliphatic rings. The predicted molar refractivity (Wildman–Crippen MR) is 100 cm³/mol. The third-order valence-electron chi connectivity index (χ3n) is 6.13. The van der Waals surface area contributed by atoms with Gasteiger partial charge < -0.3 is 14.9 Å². The Morgan fingerprint density at radius 1 is 1.20 bits per heavy atom. The molecule has 138 valence electrons. The SMILES string of the molecule is CCCCCCC1=C2CCC[C@@H]2[C@H](O)[C@@]1(O)C(OC)c1ccccc1. The lowest BCUT2D eigenvalue weighted by Gasteiger charge is -2.39. The van der Waals surface area contributed by atoms with Crippen LogP contribution in [0.1, 0.15) is 70.0 Å². The largest absolute Gasteiger partial charge is 0.389 e. The van der Waals surface area contributed by atoms with Crippen molar-refractivity contribution < 1.29 is 14.9 Å². The summed E-state index contributed by atoms with van der Waals surface area (Å²) in [4.78, 5) is 0. The smallest absolute Gasteiger partial charge is 0.142 e. The number of hydrogen-bond donors (Lipinski definition) is 2. The van der Waals surface area contributed by atoms with Gasteiger partial charge in [-0.05, 0) is 43.2 Å². The summed E-state index contributed by atoms with van der Waals surface area (Å²) in [5.41, 5.74) is 2.00. The summed E-state index contributed by atoms with van der Waals surface area (Å²) in [6.45, 7) is 2.21. The number of fused-ring (bicyclic) bond motifs is 1. The van der Waals surface area contributed by atoms with Crippen LogP contribution in [0.3, 0.4) is 0 Å². The van der Waals surface area contributed by atoms with Gasteiger partial charge in [-0.2, -0.15) is 0 Å². The van der Waals surface area contributed by atoms with Crippen molar-refractivity contribution in [1.29, 1.82) is 0 Å². The molecule has 0 saturated heterocycles. The van der Waals surface area contributed by atoms with E-state index in [0.717, 1.165) is 43.2 Å². The Bertz CT molecular complexity index is 595. The van der Waals surface area contributed by atoms with E-state index in [1.165, 1.54) is 24.8 Å². The first-order valence-electron chi connectivity index (χ1n) is 9.85. The fourth-order valence-electron chi connectivity index (χ4n) is 4.94. The Morgan fingerprint density at radius 2 is 1.96 bits per heavy atom. The number of aliphatic hydroxyl groups excluding tert-OH is 1. The lowest BCUT2D eigenvalue weighted by Crippen LogP contribution is -2.49. The maximum atomic E-state index is 11.8. The molecule has 2 aliphatic carbocycles. The number of ether oxygens (including phenoxy) is 1. The van der Waals surface area contributed by atoms with E-state index < -0.39 is 17.8 Å². The average molecular weight is 344 g/mol. The second-order valence-electron chi connectivity index (χ2n) is 7.61. The molecule has 1 unspecified atom stereocenters. The quantitative estimate of drug-likeness (QED) is 0.537. The Morgan fingerprint density at radius 3 is 2.64 bits per heavy atom. The van der Waals surface area contributed by atoms with Crippen LogP contribution in [0, 0.1) is 5.92 Å². The summed E-state index contributed by atoms with van der Waals surface area (Å²) in [7, 11) is 1.63. The lowest BCUT2D eigenvalue weighted by molar-refractivity contribution is -0.139. The van der Waals surface area contributed by atoms with Crippen molar-refractivity contribution in [2.24, 2.45) is 5.92 Å². The highest BCUT2D eigenvalue weighted by Crippen LogP contribution is 2.54. The van der Waals surface area contributed by atoms with E-state index in [0.29, 0.717) is 0 Å². The third kappa shape index (κ3) is 3.30. The van der Waals surface area contributed by atoms with Gasteiger partial charge in [-0.25, -0.2) is 0 Å². The molecule has 1 aromatic rings. The van der Waals surface area contributed by atoms with Crippen LogP contribution in [-0.2, 0) is 4.74 Å². The van der Waals surface area contributed by atoms with Crippen molar-refractivity contribution >= 4 is 0 Å². The molecule has 0 spiro atoms. The molecule has 0 bridgehead atoms. The van der Waals surface area contributed by atoms with Crippen molar-refractivity contribution in [2.45, 2.75) is 76.1 Å². The van der Waals surface area contributed by atoms with Crippen LogP contribution in [0.4, 0.5) is 0 Å². The van der Waals surface area contributed by atoms with E-state index >= 15 is 0 Å². The standard InChI is InChI=1S/C22H32O3/c1-3-4-5-9-15-19-17-13-10-14-18(17)20(23)22(19,24)21(25-2)16-11-7-6-8-12-16/h6-8,11-12,18,20-21,23-24H,3-5,9-10,13-15H2,1-2H3/t18-,20-,21?,22+/m0/s1. The van der Waals surface area contributed by atoms with Crippen LogP contribution in [0.5, 0.6) is 0 Å². The molecule has 0 aliphatic heterocycles.